The zero-order valence-corrected chi connectivity index (χ0v) is 16.5. The van der Waals surface area contributed by atoms with Gasteiger partial charge >= 0.3 is 0 Å². The summed E-state index contributed by atoms with van der Waals surface area (Å²) < 4.78 is 1.85. The zero-order valence-electron chi connectivity index (χ0n) is 14.2. The Morgan fingerprint density at radius 2 is 1.96 bits per heavy atom. The first-order valence-electron chi connectivity index (χ1n) is 7.78. The molecule has 0 saturated heterocycles. The largest absolute Gasteiger partial charge is 0.345 e. The first kappa shape index (κ1) is 18.8. The van der Waals surface area contributed by atoms with Crippen molar-refractivity contribution in [2.24, 2.45) is 0 Å². The van der Waals surface area contributed by atoms with Gasteiger partial charge in [-0.05, 0) is 43.5 Å². The van der Waals surface area contributed by atoms with E-state index in [1.54, 1.807) is 18.2 Å². The van der Waals surface area contributed by atoms with Crippen LogP contribution in [-0.4, -0.2) is 26.9 Å². The summed E-state index contributed by atoms with van der Waals surface area (Å²) in [6, 6.07) is 12.7. The summed E-state index contributed by atoms with van der Waals surface area (Å²) in [5.41, 5.74) is 2.42. The van der Waals surface area contributed by atoms with Gasteiger partial charge in [0.05, 0.1) is 22.3 Å². The van der Waals surface area contributed by atoms with Crippen molar-refractivity contribution >= 4 is 40.9 Å². The van der Waals surface area contributed by atoms with E-state index in [1.165, 1.54) is 11.8 Å². The fourth-order valence-electron chi connectivity index (χ4n) is 2.48. The van der Waals surface area contributed by atoms with Crippen LogP contribution in [0.3, 0.4) is 0 Å². The van der Waals surface area contributed by atoms with Crippen LogP contribution in [0.4, 0.5) is 0 Å². The van der Waals surface area contributed by atoms with Crippen molar-refractivity contribution in [2.45, 2.75) is 18.6 Å². The Balaban J connectivity index is 1.85. The standard InChI is InChI=1S/C18H16Cl2N4OS/c1-11-4-3-5-12(8-11)17(25)21-10-16-22-23-18(26-2)24(16)13-6-7-14(19)15(20)9-13/h3-9H,10H2,1-2H3,(H,21,25). The maximum atomic E-state index is 12.4. The van der Waals surface area contributed by atoms with Gasteiger partial charge in [-0.1, -0.05) is 52.7 Å². The van der Waals surface area contributed by atoms with Crippen LogP contribution in [-0.2, 0) is 6.54 Å². The molecule has 134 valence electrons. The van der Waals surface area contributed by atoms with Crippen LogP contribution in [0.2, 0.25) is 10.0 Å². The summed E-state index contributed by atoms with van der Waals surface area (Å²) in [6.45, 7) is 2.18. The van der Waals surface area contributed by atoms with Crippen LogP contribution in [0.15, 0.2) is 47.6 Å². The molecule has 0 aliphatic heterocycles. The predicted molar refractivity (Wildman–Crippen MR) is 106 cm³/mol. The van der Waals surface area contributed by atoms with Gasteiger partial charge in [-0.25, -0.2) is 0 Å². The Bertz CT molecular complexity index is 958. The number of aromatic nitrogens is 3. The molecule has 1 heterocycles. The molecule has 0 radical (unpaired) electrons. The second kappa shape index (κ2) is 8.12. The maximum absolute atomic E-state index is 12.4. The number of hydrogen-bond acceptors (Lipinski definition) is 4. The van der Waals surface area contributed by atoms with E-state index in [1.807, 2.05) is 42.0 Å². The molecule has 0 atom stereocenters. The minimum Gasteiger partial charge on any atom is -0.345 e. The summed E-state index contributed by atoms with van der Waals surface area (Å²) >= 11 is 13.6. The molecule has 0 bridgehead atoms. The first-order valence-corrected chi connectivity index (χ1v) is 9.76. The number of amides is 1. The lowest BCUT2D eigenvalue weighted by Crippen LogP contribution is -2.24. The summed E-state index contributed by atoms with van der Waals surface area (Å²) in [4.78, 5) is 12.4. The van der Waals surface area contributed by atoms with Gasteiger partial charge in [0.2, 0.25) is 0 Å². The van der Waals surface area contributed by atoms with Crippen molar-refractivity contribution in [1.29, 1.82) is 0 Å². The number of nitrogens with one attached hydrogen (secondary N) is 1. The molecule has 2 aromatic carbocycles. The number of hydrogen-bond donors (Lipinski definition) is 1. The number of aryl methyl sites for hydroxylation is 1. The highest BCUT2D eigenvalue weighted by molar-refractivity contribution is 7.98. The molecule has 3 rings (SSSR count). The Labute approximate surface area is 165 Å². The highest BCUT2D eigenvalue weighted by atomic mass is 35.5. The molecule has 5 nitrogen and oxygen atoms in total. The fourth-order valence-corrected chi connectivity index (χ4v) is 3.29. The van der Waals surface area contributed by atoms with Crippen molar-refractivity contribution in [3.63, 3.8) is 0 Å². The number of nitrogens with zero attached hydrogens (tertiary/aromatic N) is 3. The third kappa shape index (κ3) is 4.03. The normalized spacial score (nSPS) is 10.8. The van der Waals surface area contributed by atoms with E-state index in [0.717, 1.165) is 11.3 Å². The van der Waals surface area contributed by atoms with Gasteiger partial charge in [0, 0.05) is 5.56 Å². The highest BCUT2D eigenvalue weighted by Crippen LogP contribution is 2.27. The van der Waals surface area contributed by atoms with Gasteiger partial charge in [0.25, 0.3) is 5.91 Å². The molecule has 3 aromatic rings. The monoisotopic (exact) mass is 406 g/mol. The average molecular weight is 407 g/mol. The number of carbonyl (C=O) groups is 1. The molecule has 8 heteroatoms. The highest BCUT2D eigenvalue weighted by Gasteiger charge is 2.15. The van der Waals surface area contributed by atoms with E-state index in [0.29, 0.717) is 26.6 Å². The quantitative estimate of drug-likeness (QED) is 0.632. The number of rotatable bonds is 5. The van der Waals surface area contributed by atoms with Gasteiger partial charge in [0.1, 0.15) is 0 Å². The topological polar surface area (TPSA) is 59.8 Å². The van der Waals surface area contributed by atoms with Gasteiger partial charge in [-0.2, -0.15) is 0 Å². The average Bonchev–Trinajstić information content (AvgIpc) is 3.05. The van der Waals surface area contributed by atoms with Gasteiger partial charge < -0.3 is 5.32 Å². The summed E-state index contributed by atoms with van der Waals surface area (Å²) in [5, 5.41) is 12.9. The minimum absolute atomic E-state index is 0.164. The van der Waals surface area contributed by atoms with Crippen LogP contribution >= 0.6 is 35.0 Å². The molecule has 26 heavy (non-hydrogen) atoms. The Morgan fingerprint density at radius 1 is 1.15 bits per heavy atom. The number of halogens is 2. The zero-order chi connectivity index (χ0) is 18.7. The third-order valence-corrected chi connectivity index (χ3v) is 5.10. The van der Waals surface area contributed by atoms with Crippen molar-refractivity contribution in [1.82, 2.24) is 20.1 Å². The van der Waals surface area contributed by atoms with Crippen LogP contribution in [0.5, 0.6) is 0 Å². The molecule has 0 unspecified atom stereocenters. The Morgan fingerprint density at radius 3 is 2.65 bits per heavy atom. The second-order valence-corrected chi connectivity index (χ2v) is 7.18. The summed E-state index contributed by atoms with van der Waals surface area (Å²) in [6.07, 6.45) is 1.91. The fraction of sp³-hybridized carbons (Fsp3) is 0.167. The number of thioether (sulfide) groups is 1. The van der Waals surface area contributed by atoms with Crippen LogP contribution in [0.1, 0.15) is 21.7 Å². The maximum Gasteiger partial charge on any atom is 0.251 e. The lowest BCUT2D eigenvalue weighted by Gasteiger charge is -2.11. The second-order valence-electron chi connectivity index (χ2n) is 5.59. The van der Waals surface area contributed by atoms with E-state index >= 15 is 0 Å². The van der Waals surface area contributed by atoms with Crippen LogP contribution < -0.4 is 5.32 Å². The van der Waals surface area contributed by atoms with E-state index in [9.17, 15) is 4.79 Å². The van der Waals surface area contributed by atoms with Crippen molar-refractivity contribution in [3.8, 4) is 5.69 Å². The Hall–Kier alpha value is -2.02. The number of carbonyl (C=O) groups excluding carboxylic acids is 1. The van der Waals surface area contributed by atoms with E-state index in [-0.39, 0.29) is 12.5 Å². The van der Waals surface area contributed by atoms with Crippen molar-refractivity contribution < 1.29 is 4.79 Å². The molecule has 0 spiro atoms. The van der Waals surface area contributed by atoms with Crippen molar-refractivity contribution in [2.75, 3.05) is 6.26 Å². The molecular weight excluding hydrogens is 391 g/mol. The van der Waals surface area contributed by atoms with Gasteiger partial charge in [-0.3, -0.25) is 9.36 Å². The molecule has 1 aromatic heterocycles. The van der Waals surface area contributed by atoms with Gasteiger partial charge in [-0.15, -0.1) is 10.2 Å². The van der Waals surface area contributed by atoms with Crippen LogP contribution in [0, 0.1) is 6.92 Å². The predicted octanol–water partition coefficient (Wildman–Crippen LogP) is 4.53. The minimum atomic E-state index is -0.164. The van der Waals surface area contributed by atoms with Gasteiger partial charge in [0.15, 0.2) is 11.0 Å². The van der Waals surface area contributed by atoms with Crippen molar-refractivity contribution in [3.05, 3.63) is 69.5 Å². The SMILES string of the molecule is CSc1nnc(CNC(=O)c2cccc(C)c2)n1-c1ccc(Cl)c(Cl)c1. The molecule has 1 N–H and O–H groups in total. The number of benzene rings is 2. The Kier molecular flexibility index (Phi) is 5.86. The molecule has 0 aliphatic carbocycles. The first-order chi connectivity index (χ1) is 12.5. The molecule has 0 fully saturated rings. The molecular formula is C18H16Cl2N4OS. The molecule has 1 amide bonds. The van der Waals surface area contributed by atoms with Crippen LogP contribution in [0.25, 0.3) is 5.69 Å². The smallest absolute Gasteiger partial charge is 0.251 e. The van der Waals surface area contributed by atoms with E-state index < -0.39 is 0 Å². The summed E-state index contributed by atoms with van der Waals surface area (Å²) in [7, 11) is 0. The van der Waals surface area contributed by atoms with E-state index in [4.69, 9.17) is 23.2 Å². The molecule has 0 aliphatic rings. The summed E-state index contributed by atoms with van der Waals surface area (Å²) in [5.74, 6) is 0.442. The lowest BCUT2D eigenvalue weighted by molar-refractivity contribution is 0.0949. The van der Waals surface area contributed by atoms with E-state index in [2.05, 4.69) is 15.5 Å². The third-order valence-electron chi connectivity index (χ3n) is 3.73. The lowest BCUT2D eigenvalue weighted by atomic mass is 10.1. The molecule has 0 saturated carbocycles.